The molecular weight excluding hydrogens is 162 g/mol. The Bertz CT molecular complexity index is 309. The van der Waals surface area contributed by atoms with Crippen molar-refractivity contribution in [1.82, 2.24) is 0 Å². The number of benzene rings is 1. The Hall–Kier alpha value is -1.02. The molecule has 2 nitrogen and oxygen atoms in total. The number of methoxy groups -OCH3 is 1. The molecule has 1 N–H and O–H groups in total. The van der Waals surface area contributed by atoms with Crippen molar-refractivity contribution in [1.29, 1.82) is 0 Å². The minimum absolute atomic E-state index is 0.275. The van der Waals surface area contributed by atoms with Crippen LogP contribution in [0.2, 0.25) is 0 Å². The minimum atomic E-state index is 0.275. The van der Waals surface area contributed by atoms with E-state index in [1.807, 2.05) is 0 Å². The molecule has 1 aliphatic heterocycles. The molecule has 2 rings (SSSR count). The van der Waals surface area contributed by atoms with Gasteiger partial charge in [-0.3, -0.25) is 0 Å². The van der Waals surface area contributed by atoms with Gasteiger partial charge in [0.1, 0.15) is 0 Å². The summed E-state index contributed by atoms with van der Waals surface area (Å²) in [6, 6.07) is 6.34. The number of rotatable bonds is 1. The molecule has 0 spiro atoms. The van der Waals surface area contributed by atoms with Crippen molar-refractivity contribution in [3.63, 3.8) is 0 Å². The first-order valence-corrected chi connectivity index (χ1v) is 4.69. The number of aryl methyl sites for hydroxylation is 1. The Morgan fingerprint density at radius 3 is 3.08 bits per heavy atom. The summed E-state index contributed by atoms with van der Waals surface area (Å²) in [5.74, 6) is 0. The maximum Gasteiger partial charge on any atom is 0.0860 e. The Morgan fingerprint density at radius 2 is 2.31 bits per heavy atom. The van der Waals surface area contributed by atoms with Gasteiger partial charge in [0.05, 0.1) is 6.10 Å². The molecular formula is C11H15NO. The third kappa shape index (κ3) is 1.42. The van der Waals surface area contributed by atoms with E-state index in [0.29, 0.717) is 0 Å². The van der Waals surface area contributed by atoms with Gasteiger partial charge in [0.25, 0.3) is 0 Å². The first-order valence-electron chi connectivity index (χ1n) is 4.69. The molecule has 1 atom stereocenters. The van der Waals surface area contributed by atoms with Gasteiger partial charge in [-0.2, -0.15) is 0 Å². The van der Waals surface area contributed by atoms with Gasteiger partial charge < -0.3 is 10.1 Å². The van der Waals surface area contributed by atoms with E-state index in [1.54, 1.807) is 7.11 Å². The van der Waals surface area contributed by atoms with Crippen LogP contribution in [0.4, 0.5) is 5.69 Å². The molecule has 2 heteroatoms. The summed E-state index contributed by atoms with van der Waals surface area (Å²) in [7, 11) is 1.78. The highest BCUT2D eigenvalue weighted by molar-refractivity contribution is 5.57. The zero-order valence-electron chi connectivity index (χ0n) is 8.13. The summed E-state index contributed by atoms with van der Waals surface area (Å²) in [6.07, 6.45) is 1.34. The Balaban J connectivity index is 2.47. The third-order valence-electron chi connectivity index (χ3n) is 2.65. The first-order chi connectivity index (χ1) is 6.33. The van der Waals surface area contributed by atoms with Crippen LogP contribution in [0, 0.1) is 6.92 Å². The quantitative estimate of drug-likeness (QED) is 0.711. The van der Waals surface area contributed by atoms with Crippen LogP contribution in [0.15, 0.2) is 18.2 Å². The van der Waals surface area contributed by atoms with Crippen LogP contribution < -0.4 is 5.32 Å². The number of fused-ring (bicyclic) bond motifs is 1. The molecule has 1 aromatic carbocycles. The van der Waals surface area contributed by atoms with Crippen molar-refractivity contribution in [2.75, 3.05) is 19.0 Å². The smallest absolute Gasteiger partial charge is 0.0860 e. The van der Waals surface area contributed by atoms with Crippen LogP contribution in [0.1, 0.15) is 23.7 Å². The Labute approximate surface area is 78.9 Å². The van der Waals surface area contributed by atoms with Gasteiger partial charge in [-0.1, -0.05) is 12.1 Å². The lowest BCUT2D eigenvalue weighted by atomic mass is 9.96. The fraction of sp³-hybridized carbons (Fsp3) is 0.455. The van der Waals surface area contributed by atoms with E-state index >= 15 is 0 Å². The second-order valence-corrected chi connectivity index (χ2v) is 3.48. The minimum Gasteiger partial charge on any atom is -0.385 e. The monoisotopic (exact) mass is 177 g/mol. The number of hydrogen-bond donors (Lipinski definition) is 1. The summed E-state index contributed by atoms with van der Waals surface area (Å²) in [6.45, 7) is 3.15. The molecule has 0 amide bonds. The summed E-state index contributed by atoms with van der Waals surface area (Å²) >= 11 is 0. The molecule has 0 saturated carbocycles. The summed E-state index contributed by atoms with van der Waals surface area (Å²) < 4.78 is 5.46. The molecule has 1 aliphatic rings. The van der Waals surface area contributed by atoms with Gasteiger partial charge in [0.2, 0.25) is 0 Å². The van der Waals surface area contributed by atoms with Crippen molar-refractivity contribution >= 4 is 5.69 Å². The lowest BCUT2D eigenvalue weighted by molar-refractivity contribution is 0.0959. The van der Waals surface area contributed by atoms with Gasteiger partial charge >= 0.3 is 0 Å². The van der Waals surface area contributed by atoms with Gasteiger partial charge in [-0.25, -0.2) is 0 Å². The molecule has 0 aliphatic carbocycles. The van der Waals surface area contributed by atoms with Crippen molar-refractivity contribution in [2.45, 2.75) is 19.4 Å². The van der Waals surface area contributed by atoms with E-state index in [4.69, 9.17) is 4.74 Å². The third-order valence-corrected chi connectivity index (χ3v) is 2.65. The highest BCUT2D eigenvalue weighted by Crippen LogP contribution is 2.33. The van der Waals surface area contributed by atoms with E-state index in [1.165, 1.54) is 16.8 Å². The van der Waals surface area contributed by atoms with Crippen LogP contribution in [0.25, 0.3) is 0 Å². The van der Waals surface area contributed by atoms with Crippen molar-refractivity contribution in [3.8, 4) is 0 Å². The van der Waals surface area contributed by atoms with E-state index in [2.05, 4.69) is 30.4 Å². The fourth-order valence-electron chi connectivity index (χ4n) is 1.98. The van der Waals surface area contributed by atoms with Crippen LogP contribution in [-0.2, 0) is 4.74 Å². The molecule has 0 fully saturated rings. The lowest BCUT2D eigenvalue weighted by Crippen LogP contribution is -2.18. The van der Waals surface area contributed by atoms with Crippen LogP contribution in [0.5, 0.6) is 0 Å². The molecule has 0 bridgehead atoms. The van der Waals surface area contributed by atoms with Gasteiger partial charge in [0.15, 0.2) is 0 Å². The van der Waals surface area contributed by atoms with E-state index in [-0.39, 0.29) is 6.10 Å². The maximum atomic E-state index is 5.46. The average Bonchev–Trinajstić information content (AvgIpc) is 2.17. The normalized spacial score (nSPS) is 20.6. The van der Waals surface area contributed by atoms with Crippen LogP contribution in [0.3, 0.4) is 0 Å². The van der Waals surface area contributed by atoms with Crippen molar-refractivity contribution in [3.05, 3.63) is 29.3 Å². The molecule has 0 saturated heterocycles. The largest absolute Gasteiger partial charge is 0.385 e. The average molecular weight is 177 g/mol. The zero-order chi connectivity index (χ0) is 9.26. The predicted octanol–water partition coefficient (Wildman–Crippen LogP) is 2.50. The van der Waals surface area contributed by atoms with Crippen LogP contribution >= 0.6 is 0 Å². The zero-order valence-corrected chi connectivity index (χ0v) is 8.13. The number of anilines is 1. The van der Waals surface area contributed by atoms with E-state index < -0.39 is 0 Å². The Kier molecular flexibility index (Phi) is 2.23. The highest BCUT2D eigenvalue weighted by atomic mass is 16.5. The molecule has 70 valence electrons. The maximum absolute atomic E-state index is 5.46. The molecule has 0 radical (unpaired) electrons. The number of ether oxygens (including phenoxy) is 1. The number of nitrogens with one attached hydrogen (secondary N) is 1. The molecule has 0 aromatic heterocycles. The SMILES string of the molecule is COC1CCNc2cccc(C)c21. The Morgan fingerprint density at radius 1 is 1.46 bits per heavy atom. The van der Waals surface area contributed by atoms with Gasteiger partial charge in [-0.05, 0) is 25.0 Å². The summed E-state index contributed by atoms with van der Waals surface area (Å²) in [5.41, 5.74) is 3.88. The summed E-state index contributed by atoms with van der Waals surface area (Å²) in [4.78, 5) is 0. The van der Waals surface area contributed by atoms with E-state index in [9.17, 15) is 0 Å². The fourth-order valence-corrected chi connectivity index (χ4v) is 1.98. The predicted molar refractivity (Wildman–Crippen MR) is 54.0 cm³/mol. The molecule has 1 aromatic rings. The number of hydrogen-bond acceptors (Lipinski definition) is 2. The van der Waals surface area contributed by atoms with E-state index in [0.717, 1.165) is 13.0 Å². The molecule has 1 heterocycles. The second kappa shape index (κ2) is 3.38. The second-order valence-electron chi connectivity index (χ2n) is 3.48. The highest BCUT2D eigenvalue weighted by Gasteiger charge is 2.20. The standard InChI is InChI=1S/C11H15NO/c1-8-4-3-5-9-11(8)10(13-2)6-7-12-9/h3-5,10,12H,6-7H2,1-2H3. The summed E-state index contributed by atoms with van der Waals surface area (Å²) in [5, 5.41) is 3.39. The van der Waals surface area contributed by atoms with Crippen molar-refractivity contribution in [2.24, 2.45) is 0 Å². The molecule has 1 unspecified atom stereocenters. The lowest BCUT2D eigenvalue weighted by Gasteiger charge is -2.27. The topological polar surface area (TPSA) is 21.3 Å². The first kappa shape index (κ1) is 8.57. The van der Waals surface area contributed by atoms with Gasteiger partial charge in [-0.15, -0.1) is 0 Å². The molecule has 13 heavy (non-hydrogen) atoms. The van der Waals surface area contributed by atoms with Crippen molar-refractivity contribution < 1.29 is 4.74 Å². The van der Waals surface area contributed by atoms with Gasteiger partial charge in [0, 0.05) is 24.9 Å². The van der Waals surface area contributed by atoms with Crippen LogP contribution in [-0.4, -0.2) is 13.7 Å².